The summed E-state index contributed by atoms with van der Waals surface area (Å²) < 4.78 is 0. The average molecular weight is 337 g/mol. The van der Waals surface area contributed by atoms with E-state index >= 15 is 0 Å². The molecule has 2 rings (SSSR count). The highest BCUT2D eigenvalue weighted by molar-refractivity contribution is 5.76. The molecule has 1 aromatic carbocycles. The minimum atomic E-state index is -0.374. The van der Waals surface area contributed by atoms with Crippen LogP contribution in [-0.4, -0.2) is 10.9 Å². The van der Waals surface area contributed by atoms with Gasteiger partial charge in [-0.3, -0.25) is 9.59 Å². The monoisotopic (exact) mass is 337 g/mol. The highest BCUT2D eigenvalue weighted by Gasteiger charge is 2.13. The number of carbonyl (C=O) groups is 1. The number of nitrogens with one attached hydrogen (secondary N) is 2. The lowest BCUT2D eigenvalue weighted by Gasteiger charge is -2.12. The summed E-state index contributed by atoms with van der Waals surface area (Å²) in [5.41, 5.74) is 5.43. The number of hydrogen-bond donors (Lipinski definition) is 2. The molecular weight excluding hydrogens is 314 g/mol. The van der Waals surface area contributed by atoms with Crippen LogP contribution in [0.2, 0.25) is 0 Å². The number of H-pyrrole nitrogens is 1. The molecule has 0 radical (unpaired) electrons. The molecule has 0 unspecified atom stereocenters. The van der Waals surface area contributed by atoms with Crippen LogP contribution in [0.25, 0.3) is 0 Å². The molecule has 0 aliphatic rings. The molecule has 1 heterocycles. The predicted octanol–water partition coefficient (Wildman–Crippen LogP) is 2.73. The van der Waals surface area contributed by atoms with E-state index in [4.69, 9.17) is 5.26 Å². The van der Waals surface area contributed by atoms with Crippen LogP contribution in [0, 0.1) is 39.0 Å². The van der Waals surface area contributed by atoms with Gasteiger partial charge in [-0.05, 0) is 56.4 Å². The summed E-state index contributed by atoms with van der Waals surface area (Å²) in [6, 6.07) is 8.09. The topological polar surface area (TPSA) is 85.8 Å². The Kier molecular flexibility index (Phi) is 5.76. The number of aryl methyl sites for hydroxylation is 3. The fourth-order valence-corrected chi connectivity index (χ4v) is 2.99. The van der Waals surface area contributed by atoms with Gasteiger partial charge in [0.15, 0.2) is 0 Å². The van der Waals surface area contributed by atoms with Gasteiger partial charge >= 0.3 is 0 Å². The maximum absolute atomic E-state index is 12.2. The van der Waals surface area contributed by atoms with Crippen molar-refractivity contribution in [3.8, 4) is 6.07 Å². The fraction of sp³-hybridized carbons (Fsp3) is 0.350. The number of aromatic nitrogens is 1. The summed E-state index contributed by atoms with van der Waals surface area (Å²) >= 11 is 0. The zero-order valence-electron chi connectivity index (χ0n) is 15.1. The van der Waals surface area contributed by atoms with E-state index in [1.807, 2.05) is 32.0 Å². The normalized spacial score (nSPS) is 10.4. The fourth-order valence-electron chi connectivity index (χ4n) is 2.99. The standard InChI is InChI=1S/C20H23N3O2/c1-12-5-6-16(13(2)9-12)11-22-19(24)8-7-17-14(3)18(10-21)20(25)23-15(17)4/h5-6,9H,7-8,11H2,1-4H3,(H,22,24)(H,23,25). The summed E-state index contributed by atoms with van der Waals surface area (Å²) in [6.07, 6.45) is 0.797. The van der Waals surface area contributed by atoms with E-state index in [0.29, 0.717) is 30.6 Å². The molecule has 0 saturated heterocycles. The molecule has 130 valence electrons. The maximum atomic E-state index is 12.2. The number of rotatable bonds is 5. The van der Waals surface area contributed by atoms with Crippen LogP contribution in [0.5, 0.6) is 0 Å². The molecule has 0 aliphatic carbocycles. The quantitative estimate of drug-likeness (QED) is 0.879. The largest absolute Gasteiger partial charge is 0.352 e. The van der Waals surface area contributed by atoms with E-state index in [-0.39, 0.29) is 17.0 Å². The van der Waals surface area contributed by atoms with Crippen LogP contribution in [0.1, 0.15) is 45.5 Å². The van der Waals surface area contributed by atoms with Gasteiger partial charge in [0, 0.05) is 18.7 Å². The van der Waals surface area contributed by atoms with E-state index in [0.717, 1.165) is 16.7 Å². The van der Waals surface area contributed by atoms with Crippen LogP contribution in [-0.2, 0) is 17.8 Å². The highest BCUT2D eigenvalue weighted by Crippen LogP contribution is 2.15. The van der Waals surface area contributed by atoms with Crippen molar-refractivity contribution in [2.24, 2.45) is 0 Å². The zero-order valence-corrected chi connectivity index (χ0v) is 15.1. The molecule has 25 heavy (non-hydrogen) atoms. The molecule has 1 aromatic heterocycles. The number of nitriles is 1. The first-order valence-electron chi connectivity index (χ1n) is 8.28. The second-order valence-electron chi connectivity index (χ2n) is 6.38. The Bertz CT molecular complexity index is 904. The Labute approximate surface area is 147 Å². The third kappa shape index (κ3) is 4.36. The number of nitrogens with zero attached hydrogens (tertiary/aromatic N) is 1. The second kappa shape index (κ2) is 7.80. The van der Waals surface area contributed by atoms with Gasteiger partial charge < -0.3 is 10.3 Å². The van der Waals surface area contributed by atoms with E-state index in [9.17, 15) is 9.59 Å². The third-order valence-electron chi connectivity index (χ3n) is 4.50. The van der Waals surface area contributed by atoms with Crippen molar-refractivity contribution in [1.82, 2.24) is 10.3 Å². The molecule has 0 spiro atoms. The maximum Gasteiger partial charge on any atom is 0.266 e. The van der Waals surface area contributed by atoms with Gasteiger partial charge in [-0.2, -0.15) is 5.26 Å². The number of pyridine rings is 1. The Morgan fingerprint density at radius 3 is 2.60 bits per heavy atom. The Hall–Kier alpha value is -2.87. The lowest BCUT2D eigenvalue weighted by molar-refractivity contribution is -0.121. The smallest absolute Gasteiger partial charge is 0.266 e. The number of aromatic amines is 1. The molecule has 0 bridgehead atoms. The van der Waals surface area contributed by atoms with Crippen LogP contribution < -0.4 is 10.9 Å². The van der Waals surface area contributed by atoms with E-state index in [1.165, 1.54) is 5.56 Å². The van der Waals surface area contributed by atoms with Gasteiger partial charge in [0.1, 0.15) is 11.6 Å². The first-order chi connectivity index (χ1) is 11.8. The van der Waals surface area contributed by atoms with Gasteiger partial charge in [0.25, 0.3) is 5.56 Å². The lowest BCUT2D eigenvalue weighted by Crippen LogP contribution is -2.24. The lowest BCUT2D eigenvalue weighted by atomic mass is 9.99. The van der Waals surface area contributed by atoms with Crippen LogP contribution in [0.15, 0.2) is 23.0 Å². The summed E-state index contributed by atoms with van der Waals surface area (Å²) in [5, 5.41) is 12.0. The summed E-state index contributed by atoms with van der Waals surface area (Å²) in [6.45, 7) is 8.12. The minimum absolute atomic E-state index is 0.0523. The van der Waals surface area contributed by atoms with Gasteiger partial charge in [0.2, 0.25) is 5.91 Å². The van der Waals surface area contributed by atoms with Crippen molar-refractivity contribution in [3.05, 3.63) is 67.6 Å². The van der Waals surface area contributed by atoms with E-state index < -0.39 is 0 Å². The molecule has 0 saturated carbocycles. The number of amides is 1. The number of carbonyl (C=O) groups excluding carboxylic acids is 1. The van der Waals surface area contributed by atoms with Gasteiger partial charge in [-0.25, -0.2) is 0 Å². The number of hydrogen-bond acceptors (Lipinski definition) is 3. The first-order valence-corrected chi connectivity index (χ1v) is 8.28. The first kappa shape index (κ1) is 18.5. The number of benzene rings is 1. The zero-order chi connectivity index (χ0) is 18.6. The molecule has 5 nitrogen and oxygen atoms in total. The van der Waals surface area contributed by atoms with E-state index in [1.54, 1.807) is 13.8 Å². The van der Waals surface area contributed by atoms with Crippen molar-refractivity contribution < 1.29 is 4.79 Å². The summed E-state index contributed by atoms with van der Waals surface area (Å²) in [5.74, 6) is -0.0523. The second-order valence-corrected chi connectivity index (χ2v) is 6.38. The van der Waals surface area contributed by atoms with Crippen LogP contribution in [0.3, 0.4) is 0 Å². The minimum Gasteiger partial charge on any atom is -0.352 e. The molecule has 1 amide bonds. The van der Waals surface area contributed by atoms with Crippen LogP contribution in [0.4, 0.5) is 0 Å². The summed E-state index contributed by atoms with van der Waals surface area (Å²) in [7, 11) is 0. The van der Waals surface area contributed by atoms with Crippen molar-refractivity contribution in [2.45, 2.75) is 47.1 Å². The molecule has 5 heteroatoms. The highest BCUT2D eigenvalue weighted by atomic mass is 16.1. The van der Waals surface area contributed by atoms with Crippen molar-refractivity contribution in [1.29, 1.82) is 5.26 Å². The molecule has 0 atom stereocenters. The SMILES string of the molecule is Cc1ccc(CNC(=O)CCc2c(C)[nH]c(=O)c(C#N)c2C)c(C)c1. The van der Waals surface area contributed by atoms with Gasteiger partial charge in [0.05, 0.1) is 0 Å². The Morgan fingerprint density at radius 2 is 1.96 bits per heavy atom. The van der Waals surface area contributed by atoms with Crippen molar-refractivity contribution in [3.63, 3.8) is 0 Å². The van der Waals surface area contributed by atoms with Crippen LogP contribution >= 0.6 is 0 Å². The summed E-state index contributed by atoms with van der Waals surface area (Å²) in [4.78, 5) is 26.6. The van der Waals surface area contributed by atoms with E-state index in [2.05, 4.69) is 16.4 Å². The predicted molar refractivity (Wildman–Crippen MR) is 97.3 cm³/mol. The molecular formula is C20H23N3O2. The Balaban J connectivity index is 2.01. The molecule has 0 fully saturated rings. The molecule has 0 aliphatic heterocycles. The average Bonchev–Trinajstić information content (AvgIpc) is 2.53. The van der Waals surface area contributed by atoms with Gasteiger partial charge in [-0.1, -0.05) is 23.8 Å². The third-order valence-corrected chi connectivity index (χ3v) is 4.50. The molecule has 2 N–H and O–H groups in total. The van der Waals surface area contributed by atoms with Crippen molar-refractivity contribution >= 4 is 5.91 Å². The molecule has 2 aromatic rings. The van der Waals surface area contributed by atoms with Crippen molar-refractivity contribution in [2.75, 3.05) is 0 Å². The van der Waals surface area contributed by atoms with Gasteiger partial charge in [-0.15, -0.1) is 0 Å². The Morgan fingerprint density at radius 1 is 1.24 bits per heavy atom.